The largest absolute Gasteiger partial charge is 0.382 e. The lowest BCUT2D eigenvalue weighted by Crippen LogP contribution is -2.41. The van der Waals surface area contributed by atoms with Crippen LogP contribution in [0.3, 0.4) is 0 Å². The third kappa shape index (κ3) is 8.35. The van der Waals surface area contributed by atoms with Crippen LogP contribution in [0.1, 0.15) is 19.8 Å². The zero-order chi connectivity index (χ0) is 11.5. The number of carbonyl (C=O) groups excluding carboxylic acids is 1. The summed E-state index contributed by atoms with van der Waals surface area (Å²) in [6.45, 7) is 4.12. The van der Waals surface area contributed by atoms with Crippen molar-refractivity contribution in [1.29, 1.82) is 0 Å². The molecule has 5 nitrogen and oxygen atoms in total. The van der Waals surface area contributed by atoms with Crippen LogP contribution < -0.4 is 11.1 Å². The fourth-order valence-corrected chi connectivity index (χ4v) is 1.06. The molecule has 0 saturated carbocycles. The lowest BCUT2D eigenvalue weighted by atomic mass is 10.2. The Morgan fingerprint density at radius 3 is 2.73 bits per heavy atom. The summed E-state index contributed by atoms with van der Waals surface area (Å²) in [4.78, 5) is 11.3. The van der Waals surface area contributed by atoms with E-state index in [4.69, 9.17) is 15.2 Å². The van der Waals surface area contributed by atoms with Crippen molar-refractivity contribution in [3.8, 4) is 0 Å². The highest BCUT2D eigenvalue weighted by molar-refractivity contribution is 5.81. The number of nitrogens with one attached hydrogen (secondary N) is 1. The van der Waals surface area contributed by atoms with E-state index in [1.807, 2.05) is 6.92 Å². The molecule has 1 atom stereocenters. The van der Waals surface area contributed by atoms with E-state index >= 15 is 0 Å². The highest BCUT2D eigenvalue weighted by Crippen LogP contribution is 1.92. The van der Waals surface area contributed by atoms with Crippen molar-refractivity contribution >= 4 is 5.91 Å². The molecular formula is C10H22N2O3. The summed E-state index contributed by atoms with van der Waals surface area (Å²) < 4.78 is 9.99. The van der Waals surface area contributed by atoms with Gasteiger partial charge in [0.2, 0.25) is 5.91 Å². The van der Waals surface area contributed by atoms with Gasteiger partial charge in [0.1, 0.15) is 0 Å². The first-order valence-corrected chi connectivity index (χ1v) is 5.32. The fraction of sp³-hybridized carbons (Fsp3) is 0.900. The van der Waals surface area contributed by atoms with Crippen molar-refractivity contribution in [3.05, 3.63) is 0 Å². The lowest BCUT2D eigenvalue weighted by Gasteiger charge is -2.11. The molecule has 90 valence electrons. The first-order chi connectivity index (χ1) is 7.22. The van der Waals surface area contributed by atoms with Gasteiger partial charge in [-0.3, -0.25) is 4.79 Å². The number of carbonyl (C=O) groups is 1. The van der Waals surface area contributed by atoms with Crippen molar-refractivity contribution in [2.24, 2.45) is 5.73 Å². The number of methoxy groups -OCH3 is 1. The third-order valence-electron chi connectivity index (χ3n) is 1.91. The van der Waals surface area contributed by atoms with E-state index < -0.39 is 6.04 Å². The minimum Gasteiger partial charge on any atom is -0.382 e. The van der Waals surface area contributed by atoms with Crippen LogP contribution in [0.2, 0.25) is 0 Å². The molecular weight excluding hydrogens is 196 g/mol. The molecule has 0 spiro atoms. The monoisotopic (exact) mass is 218 g/mol. The summed E-state index contributed by atoms with van der Waals surface area (Å²) in [7, 11) is 1.62. The molecule has 1 amide bonds. The summed E-state index contributed by atoms with van der Waals surface area (Å²) in [5, 5.41) is 2.71. The molecule has 0 rings (SSSR count). The predicted octanol–water partition coefficient (Wildman–Crippen LogP) is -0.107. The maximum Gasteiger partial charge on any atom is 0.236 e. The van der Waals surface area contributed by atoms with E-state index in [1.54, 1.807) is 7.11 Å². The normalized spacial score (nSPS) is 12.5. The second kappa shape index (κ2) is 9.89. The number of amides is 1. The van der Waals surface area contributed by atoms with Crippen molar-refractivity contribution < 1.29 is 14.3 Å². The maximum absolute atomic E-state index is 11.3. The van der Waals surface area contributed by atoms with E-state index in [9.17, 15) is 4.79 Å². The van der Waals surface area contributed by atoms with Gasteiger partial charge in [-0.1, -0.05) is 13.3 Å². The molecule has 0 bridgehead atoms. The smallest absolute Gasteiger partial charge is 0.236 e. The Hall–Kier alpha value is -0.650. The molecule has 3 N–H and O–H groups in total. The minimum absolute atomic E-state index is 0.104. The SMILES string of the molecule is CCCC(N)C(=O)NCCOCCOC. The molecule has 0 aliphatic heterocycles. The highest BCUT2D eigenvalue weighted by atomic mass is 16.5. The summed E-state index contributed by atoms with van der Waals surface area (Å²) in [6, 6.07) is -0.394. The van der Waals surface area contributed by atoms with Crippen LogP contribution in [0.5, 0.6) is 0 Å². The number of ether oxygens (including phenoxy) is 2. The van der Waals surface area contributed by atoms with Crippen molar-refractivity contribution in [2.45, 2.75) is 25.8 Å². The zero-order valence-electron chi connectivity index (χ0n) is 9.62. The topological polar surface area (TPSA) is 73.6 Å². The van der Waals surface area contributed by atoms with Crippen LogP contribution in [-0.2, 0) is 14.3 Å². The third-order valence-corrected chi connectivity index (χ3v) is 1.91. The average Bonchev–Trinajstić information content (AvgIpc) is 2.23. The Balaban J connectivity index is 3.30. The maximum atomic E-state index is 11.3. The molecule has 0 fully saturated rings. The molecule has 0 aromatic carbocycles. The molecule has 0 aliphatic carbocycles. The van der Waals surface area contributed by atoms with Crippen LogP contribution >= 0.6 is 0 Å². The van der Waals surface area contributed by atoms with E-state index in [2.05, 4.69) is 5.32 Å². The summed E-state index contributed by atoms with van der Waals surface area (Å²) >= 11 is 0. The van der Waals surface area contributed by atoms with Crippen LogP contribution in [-0.4, -0.2) is 45.4 Å². The van der Waals surface area contributed by atoms with Crippen LogP contribution in [0, 0.1) is 0 Å². The molecule has 0 aromatic heterocycles. The van der Waals surface area contributed by atoms with Crippen molar-refractivity contribution in [1.82, 2.24) is 5.32 Å². The first-order valence-electron chi connectivity index (χ1n) is 5.32. The zero-order valence-corrected chi connectivity index (χ0v) is 9.62. The molecule has 0 aliphatic rings. The molecule has 5 heteroatoms. The van der Waals surface area contributed by atoms with Gasteiger partial charge < -0.3 is 20.5 Å². The van der Waals surface area contributed by atoms with E-state index in [0.717, 1.165) is 12.8 Å². The first kappa shape index (κ1) is 14.3. The van der Waals surface area contributed by atoms with Gasteiger partial charge in [0, 0.05) is 13.7 Å². The van der Waals surface area contributed by atoms with Crippen molar-refractivity contribution in [3.63, 3.8) is 0 Å². The predicted molar refractivity (Wildman–Crippen MR) is 58.6 cm³/mol. The summed E-state index contributed by atoms with van der Waals surface area (Å²) in [6.07, 6.45) is 1.63. The lowest BCUT2D eigenvalue weighted by molar-refractivity contribution is -0.122. The Morgan fingerprint density at radius 1 is 1.40 bits per heavy atom. The fourth-order valence-electron chi connectivity index (χ4n) is 1.06. The quantitative estimate of drug-likeness (QED) is 0.530. The van der Waals surface area contributed by atoms with E-state index in [1.165, 1.54) is 0 Å². The molecule has 0 radical (unpaired) electrons. The summed E-state index contributed by atoms with van der Waals surface area (Å²) in [5.41, 5.74) is 5.62. The van der Waals surface area contributed by atoms with Gasteiger partial charge in [-0.05, 0) is 6.42 Å². The minimum atomic E-state index is -0.394. The van der Waals surface area contributed by atoms with Crippen molar-refractivity contribution in [2.75, 3.05) is 33.5 Å². The summed E-state index contributed by atoms with van der Waals surface area (Å²) in [5.74, 6) is -0.104. The Morgan fingerprint density at radius 2 is 2.13 bits per heavy atom. The van der Waals surface area contributed by atoms with Crippen LogP contribution in [0.4, 0.5) is 0 Å². The highest BCUT2D eigenvalue weighted by Gasteiger charge is 2.10. The Labute approximate surface area is 91.3 Å². The van der Waals surface area contributed by atoms with Gasteiger partial charge in [0.15, 0.2) is 0 Å². The van der Waals surface area contributed by atoms with Gasteiger partial charge in [-0.15, -0.1) is 0 Å². The molecule has 15 heavy (non-hydrogen) atoms. The molecule has 1 unspecified atom stereocenters. The van der Waals surface area contributed by atoms with Gasteiger partial charge >= 0.3 is 0 Å². The molecule has 0 aromatic rings. The molecule has 0 saturated heterocycles. The standard InChI is InChI=1S/C10H22N2O3/c1-3-4-9(11)10(13)12-5-6-15-8-7-14-2/h9H,3-8,11H2,1-2H3,(H,12,13). The number of hydrogen-bond donors (Lipinski definition) is 2. The van der Waals surface area contributed by atoms with Gasteiger partial charge in [-0.2, -0.15) is 0 Å². The van der Waals surface area contributed by atoms with Crippen LogP contribution in [0.15, 0.2) is 0 Å². The average molecular weight is 218 g/mol. The second-order valence-electron chi connectivity index (χ2n) is 3.29. The number of rotatable bonds is 9. The molecule has 0 heterocycles. The van der Waals surface area contributed by atoms with E-state index in [0.29, 0.717) is 26.4 Å². The van der Waals surface area contributed by atoms with Gasteiger partial charge in [-0.25, -0.2) is 0 Å². The van der Waals surface area contributed by atoms with E-state index in [-0.39, 0.29) is 5.91 Å². The number of nitrogens with two attached hydrogens (primary N) is 1. The Bertz CT molecular complexity index is 165. The van der Waals surface area contributed by atoms with Gasteiger partial charge in [0.05, 0.1) is 25.9 Å². The second-order valence-corrected chi connectivity index (χ2v) is 3.29. The van der Waals surface area contributed by atoms with Crippen LogP contribution in [0.25, 0.3) is 0 Å². The Kier molecular flexibility index (Phi) is 9.46. The number of hydrogen-bond acceptors (Lipinski definition) is 4. The van der Waals surface area contributed by atoms with Gasteiger partial charge in [0.25, 0.3) is 0 Å².